The topological polar surface area (TPSA) is 87.0 Å². The maximum Gasteiger partial charge on any atom is 0.163 e. The van der Waals surface area contributed by atoms with Crippen LogP contribution in [-0.4, -0.2) is 27.4 Å². The molecular weight excluding hydrogens is 236 g/mol. The van der Waals surface area contributed by atoms with Crippen molar-refractivity contribution in [1.29, 1.82) is 0 Å². The first-order chi connectivity index (χ1) is 8.36. The van der Waals surface area contributed by atoms with Gasteiger partial charge in [-0.1, -0.05) is 6.58 Å². The van der Waals surface area contributed by atoms with E-state index < -0.39 is 6.10 Å². The van der Waals surface area contributed by atoms with E-state index in [-0.39, 0.29) is 29.3 Å². The van der Waals surface area contributed by atoms with Gasteiger partial charge in [0.15, 0.2) is 5.78 Å². The maximum absolute atomic E-state index is 11.3. The van der Waals surface area contributed by atoms with Crippen LogP contribution in [0.3, 0.4) is 0 Å². The lowest BCUT2D eigenvalue weighted by molar-refractivity contribution is -0.268. The zero-order valence-corrected chi connectivity index (χ0v) is 10.3. The van der Waals surface area contributed by atoms with Gasteiger partial charge >= 0.3 is 0 Å². The number of phenolic OH excluding ortho intramolecular Hbond substituents is 2. The fourth-order valence-electron chi connectivity index (χ4n) is 1.57. The Morgan fingerprint density at radius 2 is 1.94 bits per heavy atom. The molecule has 1 unspecified atom stereocenters. The molecule has 0 saturated carbocycles. The van der Waals surface area contributed by atoms with Crippen molar-refractivity contribution in [2.45, 2.75) is 26.4 Å². The molecule has 0 aliphatic rings. The number of carbonyl (C=O) groups excluding carboxylic acids is 1. The van der Waals surface area contributed by atoms with E-state index in [1.54, 1.807) is 6.92 Å². The summed E-state index contributed by atoms with van der Waals surface area (Å²) in [4.78, 5) is 15.5. The highest BCUT2D eigenvalue weighted by Gasteiger charge is 2.17. The molecule has 0 aliphatic heterocycles. The van der Waals surface area contributed by atoms with Gasteiger partial charge in [0.2, 0.25) is 0 Å². The third-order valence-corrected chi connectivity index (χ3v) is 2.66. The lowest BCUT2D eigenvalue weighted by Crippen LogP contribution is -2.15. The summed E-state index contributed by atoms with van der Waals surface area (Å²) in [5.41, 5.74) is 1.08. The SMILES string of the molecule is C=C(C)C(Cc1cc(C(C)=O)c(O)cc1O)OO. The van der Waals surface area contributed by atoms with Gasteiger partial charge in [-0.05, 0) is 31.1 Å². The summed E-state index contributed by atoms with van der Waals surface area (Å²) in [6.07, 6.45) is -0.529. The quantitative estimate of drug-likeness (QED) is 0.324. The first-order valence-corrected chi connectivity index (χ1v) is 5.38. The van der Waals surface area contributed by atoms with Crippen molar-refractivity contribution >= 4 is 5.78 Å². The molecule has 0 heterocycles. The van der Waals surface area contributed by atoms with Crippen LogP contribution < -0.4 is 0 Å². The molecule has 5 heteroatoms. The van der Waals surface area contributed by atoms with Crippen molar-refractivity contribution in [2.75, 3.05) is 0 Å². The van der Waals surface area contributed by atoms with E-state index in [0.29, 0.717) is 11.1 Å². The van der Waals surface area contributed by atoms with E-state index in [1.165, 1.54) is 13.0 Å². The Bertz CT molecular complexity index is 479. The minimum absolute atomic E-state index is 0.112. The Morgan fingerprint density at radius 1 is 1.33 bits per heavy atom. The smallest absolute Gasteiger partial charge is 0.163 e. The van der Waals surface area contributed by atoms with Crippen LogP contribution in [0.25, 0.3) is 0 Å². The number of phenols is 2. The fourth-order valence-corrected chi connectivity index (χ4v) is 1.57. The number of aromatic hydroxyl groups is 2. The summed E-state index contributed by atoms with van der Waals surface area (Å²) < 4.78 is 0. The summed E-state index contributed by atoms with van der Waals surface area (Å²) in [6.45, 7) is 6.63. The first kappa shape index (κ1) is 14.2. The van der Waals surface area contributed by atoms with E-state index in [0.717, 1.165) is 6.07 Å². The number of ketones is 1. The fraction of sp³-hybridized carbons (Fsp3) is 0.308. The van der Waals surface area contributed by atoms with Crippen LogP contribution >= 0.6 is 0 Å². The van der Waals surface area contributed by atoms with E-state index in [2.05, 4.69) is 11.5 Å². The van der Waals surface area contributed by atoms with Gasteiger partial charge in [0.05, 0.1) is 5.56 Å². The zero-order valence-electron chi connectivity index (χ0n) is 10.3. The Hall–Kier alpha value is -1.85. The molecule has 0 radical (unpaired) electrons. The average molecular weight is 252 g/mol. The predicted octanol–water partition coefficient (Wildman–Crippen LogP) is 2.28. The first-order valence-electron chi connectivity index (χ1n) is 5.38. The van der Waals surface area contributed by atoms with Crippen molar-refractivity contribution < 1.29 is 25.2 Å². The molecule has 98 valence electrons. The second kappa shape index (κ2) is 5.66. The zero-order chi connectivity index (χ0) is 13.9. The van der Waals surface area contributed by atoms with Gasteiger partial charge < -0.3 is 10.2 Å². The number of hydrogen-bond acceptors (Lipinski definition) is 5. The molecular formula is C13H16O5. The van der Waals surface area contributed by atoms with Crippen molar-refractivity contribution in [3.8, 4) is 11.5 Å². The Labute approximate surface area is 105 Å². The molecule has 1 atom stereocenters. The molecule has 1 aromatic carbocycles. The summed E-state index contributed by atoms with van der Waals surface area (Å²) in [5, 5.41) is 27.9. The number of benzene rings is 1. The third-order valence-electron chi connectivity index (χ3n) is 2.66. The molecule has 1 aromatic rings. The van der Waals surface area contributed by atoms with E-state index in [9.17, 15) is 15.0 Å². The molecule has 0 aromatic heterocycles. The standard InChI is InChI=1S/C13H16O5/c1-7(2)13(18-17)5-9-4-10(8(3)14)12(16)6-11(9)15/h4,6,13,15-17H,1,5H2,2-3H3. The molecule has 5 nitrogen and oxygen atoms in total. The monoisotopic (exact) mass is 252 g/mol. The lowest BCUT2D eigenvalue weighted by Gasteiger charge is -2.15. The summed E-state index contributed by atoms with van der Waals surface area (Å²) in [6, 6.07) is 2.47. The molecule has 0 amide bonds. The van der Waals surface area contributed by atoms with Crippen LogP contribution in [0.4, 0.5) is 0 Å². The predicted molar refractivity (Wildman–Crippen MR) is 65.8 cm³/mol. The van der Waals surface area contributed by atoms with Crippen LogP contribution in [0, 0.1) is 0 Å². The van der Waals surface area contributed by atoms with Crippen LogP contribution in [0.1, 0.15) is 29.8 Å². The lowest BCUT2D eigenvalue weighted by atomic mass is 9.99. The second-order valence-electron chi connectivity index (χ2n) is 4.20. The maximum atomic E-state index is 11.3. The van der Waals surface area contributed by atoms with Gasteiger partial charge in [0.25, 0.3) is 0 Å². The van der Waals surface area contributed by atoms with Gasteiger partial charge in [0, 0.05) is 12.5 Å². The van der Waals surface area contributed by atoms with Crippen molar-refractivity contribution in [1.82, 2.24) is 0 Å². The minimum atomic E-state index is -0.680. The highest BCUT2D eigenvalue weighted by atomic mass is 17.1. The molecule has 18 heavy (non-hydrogen) atoms. The normalized spacial score (nSPS) is 12.2. The largest absolute Gasteiger partial charge is 0.508 e. The summed E-state index contributed by atoms with van der Waals surface area (Å²) in [5.74, 6) is -0.758. The molecule has 0 aliphatic carbocycles. The van der Waals surface area contributed by atoms with E-state index in [1.807, 2.05) is 0 Å². The van der Waals surface area contributed by atoms with Gasteiger partial charge in [-0.15, -0.1) is 0 Å². The van der Waals surface area contributed by atoms with Crippen molar-refractivity contribution in [3.05, 3.63) is 35.4 Å². The second-order valence-corrected chi connectivity index (χ2v) is 4.20. The molecule has 0 fully saturated rings. The molecule has 3 N–H and O–H groups in total. The van der Waals surface area contributed by atoms with Gasteiger partial charge in [-0.25, -0.2) is 4.89 Å². The number of hydrogen-bond donors (Lipinski definition) is 3. The number of carbonyl (C=O) groups is 1. The summed E-state index contributed by atoms with van der Waals surface area (Å²) in [7, 11) is 0. The van der Waals surface area contributed by atoms with Crippen LogP contribution in [0.5, 0.6) is 11.5 Å². The van der Waals surface area contributed by atoms with Crippen molar-refractivity contribution in [3.63, 3.8) is 0 Å². The Morgan fingerprint density at radius 3 is 2.39 bits per heavy atom. The van der Waals surface area contributed by atoms with Crippen LogP contribution in [0.2, 0.25) is 0 Å². The Balaban J connectivity index is 3.12. The van der Waals surface area contributed by atoms with Gasteiger partial charge in [-0.3, -0.25) is 10.1 Å². The number of rotatable bonds is 5. The van der Waals surface area contributed by atoms with Crippen molar-refractivity contribution in [2.24, 2.45) is 0 Å². The van der Waals surface area contributed by atoms with E-state index >= 15 is 0 Å². The minimum Gasteiger partial charge on any atom is -0.508 e. The van der Waals surface area contributed by atoms with Crippen LogP contribution in [-0.2, 0) is 11.3 Å². The molecule has 1 rings (SSSR count). The summed E-state index contributed by atoms with van der Waals surface area (Å²) >= 11 is 0. The third kappa shape index (κ3) is 3.09. The Kier molecular flexibility index (Phi) is 4.47. The van der Waals surface area contributed by atoms with Gasteiger partial charge in [0.1, 0.15) is 17.6 Å². The van der Waals surface area contributed by atoms with E-state index in [4.69, 9.17) is 5.26 Å². The molecule has 0 saturated heterocycles. The highest BCUT2D eigenvalue weighted by Crippen LogP contribution is 2.29. The highest BCUT2D eigenvalue weighted by molar-refractivity contribution is 5.97. The molecule has 0 bridgehead atoms. The number of Topliss-reactive ketones (excluding diaryl/α,β-unsaturated/α-hetero) is 1. The average Bonchev–Trinajstić information content (AvgIpc) is 2.26. The van der Waals surface area contributed by atoms with Gasteiger partial charge in [-0.2, -0.15) is 0 Å². The molecule has 0 spiro atoms. The van der Waals surface area contributed by atoms with Crippen LogP contribution in [0.15, 0.2) is 24.3 Å².